The molecular weight excluding hydrogens is 342 g/mol. The summed E-state index contributed by atoms with van der Waals surface area (Å²) >= 11 is 0. The molecule has 3 rings (SSSR count). The first-order valence-corrected chi connectivity index (χ1v) is 11.0. The molecule has 0 unspecified atom stereocenters. The molecular formula is C17H31N3O4S. The van der Waals surface area contributed by atoms with E-state index < -0.39 is 10.0 Å². The molecule has 2 bridgehead atoms. The zero-order valence-electron chi connectivity index (χ0n) is 15.5. The number of nitrogens with zero attached hydrogens (tertiary/aromatic N) is 1. The van der Waals surface area contributed by atoms with Gasteiger partial charge in [0, 0.05) is 38.0 Å². The number of nitrogens with one attached hydrogen (secondary N) is 2. The molecule has 2 N–H and O–H groups in total. The molecule has 3 saturated heterocycles. The maximum absolute atomic E-state index is 12.1. The van der Waals surface area contributed by atoms with E-state index in [4.69, 9.17) is 4.74 Å². The predicted molar refractivity (Wildman–Crippen MR) is 95.6 cm³/mol. The Labute approximate surface area is 150 Å². The number of amides is 1. The van der Waals surface area contributed by atoms with Crippen LogP contribution in [0.15, 0.2) is 0 Å². The number of fused-ring (bicyclic) bond motifs is 1. The maximum Gasteiger partial charge on any atom is 0.234 e. The molecule has 0 radical (unpaired) electrons. The summed E-state index contributed by atoms with van der Waals surface area (Å²) in [6.45, 7) is 8.93. The summed E-state index contributed by atoms with van der Waals surface area (Å²) in [7, 11) is -3.19. The van der Waals surface area contributed by atoms with Crippen molar-refractivity contribution in [3.63, 3.8) is 0 Å². The van der Waals surface area contributed by atoms with Gasteiger partial charge in [0.05, 0.1) is 24.0 Å². The highest BCUT2D eigenvalue weighted by Crippen LogP contribution is 2.54. The largest absolute Gasteiger partial charge is 0.370 e. The van der Waals surface area contributed by atoms with Gasteiger partial charge in [-0.1, -0.05) is 13.8 Å². The molecule has 8 heteroatoms. The van der Waals surface area contributed by atoms with Crippen molar-refractivity contribution in [1.29, 1.82) is 0 Å². The quantitative estimate of drug-likeness (QED) is 0.634. The van der Waals surface area contributed by atoms with E-state index in [9.17, 15) is 13.2 Å². The van der Waals surface area contributed by atoms with Crippen molar-refractivity contribution in [2.75, 3.05) is 38.5 Å². The maximum atomic E-state index is 12.1. The van der Waals surface area contributed by atoms with Crippen molar-refractivity contribution >= 4 is 15.9 Å². The smallest absolute Gasteiger partial charge is 0.234 e. The Morgan fingerprint density at radius 2 is 2.16 bits per heavy atom. The number of carbonyl (C=O) groups is 1. The van der Waals surface area contributed by atoms with Crippen LogP contribution in [-0.4, -0.2) is 69.4 Å². The lowest BCUT2D eigenvalue weighted by atomic mass is 9.74. The fourth-order valence-electron chi connectivity index (χ4n) is 4.58. The van der Waals surface area contributed by atoms with Gasteiger partial charge in [0.15, 0.2) is 0 Å². The van der Waals surface area contributed by atoms with Gasteiger partial charge in [-0.3, -0.25) is 9.69 Å². The number of likely N-dealkylation sites (tertiary alicyclic amines) is 1. The molecule has 0 aliphatic carbocycles. The number of hydrogen-bond donors (Lipinski definition) is 2. The standard InChI is InChI=1S/C17H31N3O4S/c1-4-25(22,23)19-8-13-14-9-20(10-16(21)18-7-12(2)3)11-17(14)6-5-15(13)24-17/h12-15,19H,4-11H2,1-3H3,(H,18,21)/t13-,14+,15+,17+/m0/s1. The number of hydrogen-bond acceptors (Lipinski definition) is 5. The summed E-state index contributed by atoms with van der Waals surface area (Å²) < 4.78 is 32.6. The molecule has 3 fully saturated rings. The number of carbonyl (C=O) groups excluding carboxylic acids is 1. The van der Waals surface area contributed by atoms with Gasteiger partial charge in [0.25, 0.3) is 0 Å². The first-order chi connectivity index (χ1) is 11.7. The van der Waals surface area contributed by atoms with Crippen molar-refractivity contribution < 1.29 is 17.9 Å². The van der Waals surface area contributed by atoms with Gasteiger partial charge in [-0.25, -0.2) is 13.1 Å². The molecule has 4 atom stereocenters. The van der Waals surface area contributed by atoms with Crippen LogP contribution >= 0.6 is 0 Å². The molecule has 0 saturated carbocycles. The van der Waals surface area contributed by atoms with E-state index in [1.807, 2.05) is 0 Å². The van der Waals surface area contributed by atoms with Crippen LogP contribution in [-0.2, 0) is 19.6 Å². The fourth-order valence-corrected chi connectivity index (χ4v) is 5.23. The summed E-state index contributed by atoms with van der Waals surface area (Å²) in [6, 6.07) is 0. The van der Waals surface area contributed by atoms with Crippen LogP contribution in [0.1, 0.15) is 33.6 Å². The van der Waals surface area contributed by atoms with Crippen LogP contribution in [0.5, 0.6) is 0 Å². The van der Waals surface area contributed by atoms with Crippen LogP contribution < -0.4 is 10.0 Å². The second-order valence-corrected chi connectivity index (χ2v) is 10.2. The number of rotatable bonds is 8. The monoisotopic (exact) mass is 373 g/mol. The summed E-state index contributed by atoms with van der Waals surface area (Å²) in [4.78, 5) is 14.3. The molecule has 3 aliphatic heterocycles. The second-order valence-electron chi connectivity index (χ2n) is 8.15. The molecule has 144 valence electrons. The third-order valence-electron chi connectivity index (χ3n) is 5.85. The molecule has 1 spiro atoms. The normalized spacial score (nSPS) is 34.6. The Balaban J connectivity index is 1.58. The highest BCUT2D eigenvalue weighted by Gasteiger charge is 2.62. The highest BCUT2D eigenvalue weighted by molar-refractivity contribution is 7.89. The molecule has 7 nitrogen and oxygen atoms in total. The minimum atomic E-state index is -3.19. The number of ether oxygens (including phenoxy) is 1. The van der Waals surface area contributed by atoms with Gasteiger partial charge < -0.3 is 10.1 Å². The Bertz CT molecular complexity index is 609. The first-order valence-electron chi connectivity index (χ1n) is 9.39. The topological polar surface area (TPSA) is 87.7 Å². The lowest BCUT2D eigenvalue weighted by Crippen LogP contribution is -2.42. The first kappa shape index (κ1) is 19.1. The van der Waals surface area contributed by atoms with Gasteiger partial charge >= 0.3 is 0 Å². The van der Waals surface area contributed by atoms with Crippen molar-refractivity contribution in [3.8, 4) is 0 Å². The van der Waals surface area contributed by atoms with Crippen molar-refractivity contribution in [3.05, 3.63) is 0 Å². The van der Waals surface area contributed by atoms with E-state index in [0.717, 1.165) is 25.9 Å². The summed E-state index contributed by atoms with van der Waals surface area (Å²) in [5.41, 5.74) is -0.175. The Morgan fingerprint density at radius 1 is 1.40 bits per heavy atom. The summed E-state index contributed by atoms with van der Waals surface area (Å²) in [5.74, 6) is 1.11. The van der Waals surface area contributed by atoms with E-state index in [1.54, 1.807) is 6.92 Å². The minimum absolute atomic E-state index is 0.0582. The minimum Gasteiger partial charge on any atom is -0.370 e. The van der Waals surface area contributed by atoms with Gasteiger partial charge in [-0.15, -0.1) is 0 Å². The average Bonchev–Trinajstić information content (AvgIpc) is 3.18. The van der Waals surface area contributed by atoms with Crippen molar-refractivity contribution in [1.82, 2.24) is 14.9 Å². The van der Waals surface area contributed by atoms with E-state index in [1.165, 1.54) is 0 Å². The van der Waals surface area contributed by atoms with Crippen LogP contribution in [0.3, 0.4) is 0 Å². The predicted octanol–water partition coefficient (Wildman–Crippen LogP) is 0.177. The van der Waals surface area contributed by atoms with Crippen molar-refractivity contribution in [2.24, 2.45) is 17.8 Å². The van der Waals surface area contributed by atoms with E-state index in [-0.39, 0.29) is 29.3 Å². The fraction of sp³-hybridized carbons (Fsp3) is 0.941. The van der Waals surface area contributed by atoms with Gasteiger partial charge in [-0.2, -0.15) is 0 Å². The third kappa shape index (κ3) is 4.02. The van der Waals surface area contributed by atoms with Crippen LogP contribution in [0.4, 0.5) is 0 Å². The molecule has 25 heavy (non-hydrogen) atoms. The molecule has 0 aromatic carbocycles. The molecule has 0 aromatic heterocycles. The third-order valence-corrected chi connectivity index (χ3v) is 7.21. The summed E-state index contributed by atoms with van der Waals surface area (Å²) in [6.07, 6.45) is 2.16. The number of sulfonamides is 1. The zero-order chi connectivity index (χ0) is 18.2. The van der Waals surface area contributed by atoms with Crippen LogP contribution in [0.2, 0.25) is 0 Å². The van der Waals surface area contributed by atoms with Gasteiger partial charge in [0.1, 0.15) is 0 Å². The van der Waals surface area contributed by atoms with Crippen LogP contribution in [0.25, 0.3) is 0 Å². The lowest BCUT2D eigenvalue weighted by molar-refractivity contribution is -0.122. The summed E-state index contributed by atoms with van der Waals surface area (Å²) in [5, 5.41) is 2.97. The molecule has 3 heterocycles. The van der Waals surface area contributed by atoms with Gasteiger partial charge in [0.2, 0.25) is 15.9 Å². The molecule has 3 aliphatic rings. The lowest BCUT2D eigenvalue weighted by Gasteiger charge is -2.29. The zero-order valence-corrected chi connectivity index (χ0v) is 16.3. The van der Waals surface area contributed by atoms with Crippen LogP contribution in [0, 0.1) is 17.8 Å². The van der Waals surface area contributed by atoms with E-state index >= 15 is 0 Å². The van der Waals surface area contributed by atoms with E-state index in [0.29, 0.717) is 31.5 Å². The van der Waals surface area contributed by atoms with E-state index in [2.05, 4.69) is 28.8 Å². The highest BCUT2D eigenvalue weighted by atomic mass is 32.2. The SMILES string of the molecule is CCS(=O)(=O)NC[C@H]1[C@H]2CN(CC(=O)NCC(C)C)C[C@]23CC[C@H]1O3. The Morgan fingerprint density at radius 3 is 2.84 bits per heavy atom. The Kier molecular flexibility index (Phi) is 5.44. The van der Waals surface area contributed by atoms with Gasteiger partial charge in [-0.05, 0) is 25.7 Å². The molecule has 0 aromatic rings. The van der Waals surface area contributed by atoms with Crippen molar-refractivity contribution in [2.45, 2.75) is 45.3 Å². The Hall–Kier alpha value is -0.700. The second kappa shape index (κ2) is 7.13. The molecule has 1 amide bonds. The average molecular weight is 374 g/mol.